The summed E-state index contributed by atoms with van der Waals surface area (Å²) in [6.07, 6.45) is 0. The van der Waals surface area contributed by atoms with E-state index in [2.05, 4.69) is 15.2 Å². The van der Waals surface area contributed by atoms with E-state index in [0.717, 1.165) is 0 Å². The zero-order chi connectivity index (χ0) is 16.3. The van der Waals surface area contributed by atoms with E-state index in [1.165, 1.54) is 30.3 Å². The van der Waals surface area contributed by atoms with Gasteiger partial charge in [-0.2, -0.15) is 0 Å². The van der Waals surface area contributed by atoms with E-state index in [9.17, 15) is 13.2 Å². The Kier molecular flexibility index (Phi) is 4.51. The van der Waals surface area contributed by atoms with Gasteiger partial charge in [0.25, 0.3) is 0 Å². The van der Waals surface area contributed by atoms with Crippen molar-refractivity contribution >= 4 is 27.4 Å². The zero-order valence-electron chi connectivity index (χ0n) is 12.4. The fraction of sp³-hybridized carbons (Fsp3) is 0.286. The molecule has 1 aromatic carbocycles. The number of hydrogen-bond acceptors (Lipinski definition) is 5. The number of nitrogens with one attached hydrogen (secondary N) is 1. The Morgan fingerprint density at radius 2 is 1.91 bits per heavy atom. The molecule has 0 unspecified atom stereocenters. The van der Waals surface area contributed by atoms with Crippen molar-refractivity contribution in [1.82, 2.24) is 5.16 Å². The average Bonchev–Trinajstić information content (AvgIpc) is 2.83. The Labute approximate surface area is 128 Å². The normalized spacial score (nSPS) is 11.5. The Balaban J connectivity index is 2.13. The first kappa shape index (κ1) is 16.0. The fourth-order valence-electron chi connectivity index (χ4n) is 1.57. The van der Waals surface area contributed by atoms with Crippen molar-refractivity contribution in [3.05, 3.63) is 40.8 Å². The van der Waals surface area contributed by atoms with E-state index >= 15 is 0 Å². The van der Waals surface area contributed by atoms with E-state index in [-0.39, 0.29) is 22.5 Å². The molecule has 0 aliphatic heterocycles. The van der Waals surface area contributed by atoms with Crippen molar-refractivity contribution in [3.8, 4) is 0 Å². The third kappa shape index (κ3) is 3.85. The highest BCUT2D eigenvalue weighted by Crippen LogP contribution is 2.27. The number of amides is 1. The second-order valence-electron chi connectivity index (χ2n) is 5.03. The van der Waals surface area contributed by atoms with Crippen LogP contribution in [0.3, 0.4) is 0 Å². The Hall–Kier alpha value is -2.35. The number of aromatic nitrogens is 1. The molecule has 0 saturated carbocycles. The summed E-state index contributed by atoms with van der Waals surface area (Å²) in [4.78, 5) is 11.6. The second kappa shape index (κ2) is 6.18. The fourth-order valence-corrected chi connectivity index (χ4v) is 2.49. The number of rotatable bonds is 5. The van der Waals surface area contributed by atoms with Gasteiger partial charge < -0.3 is 14.6 Å². The van der Waals surface area contributed by atoms with Crippen molar-refractivity contribution in [2.75, 3.05) is 5.32 Å². The van der Waals surface area contributed by atoms with Gasteiger partial charge in [0, 0.05) is 11.6 Å². The van der Waals surface area contributed by atoms with Crippen LogP contribution in [0.2, 0.25) is 0 Å². The quantitative estimate of drug-likeness (QED) is 0.911. The van der Waals surface area contributed by atoms with Crippen LogP contribution >= 0.6 is 0 Å². The summed E-state index contributed by atoms with van der Waals surface area (Å²) in [5, 5.41) is 6.21. The summed E-state index contributed by atoms with van der Waals surface area (Å²) in [7, 11) is -3.87. The van der Waals surface area contributed by atoms with Gasteiger partial charge in [-0.1, -0.05) is 13.8 Å². The van der Waals surface area contributed by atoms with Gasteiger partial charge in [0.15, 0.2) is 0 Å². The van der Waals surface area contributed by atoms with Crippen LogP contribution in [0.5, 0.6) is 0 Å². The van der Waals surface area contributed by atoms with Gasteiger partial charge in [-0.05, 0) is 43.1 Å². The molecule has 0 aliphatic carbocycles. The summed E-state index contributed by atoms with van der Waals surface area (Å²) in [6.45, 7) is 5.19. The molecule has 0 spiro atoms. The highest BCUT2D eigenvalue weighted by atomic mass is 32.2. The molecule has 1 aromatic heterocycles. The van der Waals surface area contributed by atoms with Gasteiger partial charge in [-0.25, -0.2) is 8.42 Å². The monoisotopic (exact) mass is 322 g/mol. The first-order chi connectivity index (χ1) is 10.3. The van der Waals surface area contributed by atoms with Gasteiger partial charge >= 0.3 is 0 Å². The summed E-state index contributed by atoms with van der Waals surface area (Å²) in [5.41, 5.74) is 0.523. The molecule has 0 saturated heterocycles. The highest BCUT2D eigenvalue weighted by Gasteiger charge is 2.12. The lowest BCUT2D eigenvalue weighted by Crippen LogP contribution is -2.17. The van der Waals surface area contributed by atoms with Gasteiger partial charge in [-0.3, -0.25) is 9.95 Å². The minimum Gasteiger partial charge on any atom is -0.460 e. The molecule has 1 heterocycles. The number of benzene rings is 1. The van der Waals surface area contributed by atoms with Crippen LogP contribution in [0.15, 0.2) is 39.8 Å². The lowest BCUT2D eigenvalue weighted by molar-refractivity contribution is -0.118. The minimum absolute atomic E-state index is 0.00492. The smallest absolute Gasteiger partial charge is 0.226 e. The molecule has 8 heteroatoms. The third-order valence-corrected chi connectivity index (χ3v) is 4.07. The van der Waals surface area contributed by atoms with Crippen LogP contribution in [0.4, 0.5) is 11.5 Å². The van der Waals surface area contributed by atoms with Crippen LogP contribution in [-0.2, 0) is 14.8 Å². The van der Waals surface area contributed by atoms with Gasteiger partial charge in [0.2, 0.25) is 15.9 Å². The molecule has 0 radical (unpaired) electrons. The largest absolute Gasteiger partial charge is 0.460 e. The molecule has 7 nitrogen and oxygen atoms in total. The SMILES string of the molecule is Cc1cc([N-]S(=O)(=O)c2ccc(NC(=O)C(C)C)cc2)no1. The van der Waals surface area contributed by atoms with E-state index < -0.39 is 10.0 Å². The molecule has 1 amide bonds. The van der Waals surface area contributed by atoms with Gasteiger partial charge in [0.1, 0.15) is 5.76 Å². The predicted octanol–water partition coefficient (Wildman–Crippen LogP) is 2.97. The Bertz CT molecular complexity index is 764. The molecule has 2 rings (SSSR count). The Morgan fingerprint density at radius 3 is 2.41 bits per heavy atom. The van der Waals surface area contributed by atoms with Gasteiger partial charge in [-0.15, -0.1) is 0 Å². The maximum Gasteiger partial charge on any atom is 0.226 e. The maximum atomic E-state index is 12.1. The summed E-state index contributed by atoms with van der Waals surface area (Å²) < 4.78 is 32.6. The van der Waals surface area contributed by atoms with Crippen molar-refractivity contribution < 1.29 is 17.7 Å². The topological polar surface area (TPSA) is 103 Å². The van der Waals surface area contributed by atoms with E-state index in [4.69, 9.17) is 4.52 Å². The summed E-state index contributed by atoms with van der Waals surface area (Å²) in [5.74, 6) is 0.169. The minimum atomic E-state index is -3.87. The van der Waals surface area contributed by atoms with Gasteiger partial charge in [0.05, 0.1) is 4.90 Å². The van der Waals surface area contributed by atoms with Crippen LogP contribution in [0, 0.1) is 12.8 Å². The molecule has 0 bridgehead atoms. The molecular weight excluding hydrogens is 306 g/mol. The van der Waals surface area contributed by atoms with E-state index in [1.807, 2.05) is 0 Å². The summed E-state index contributed by atoms with van der Waals surface area (Å²) in [6, 6.07) is 7.20. The van der Waals surface area contributed by atoms with Crippen molar-refractivity contribution in [2.45, 2.75) is 25.7 Å². The first-order valence-electron chi connectivity index (χ1n) is 6.60. The molecule has 118 valence electrons. The number of anilines is 1. The molecule has 22 heavy (non-hydrogen) atoms. The lowest BCUT2D eigenvalue weighted by atomic mass is 10.2. The van der Waals surface area contributed by atoms with Crippen LogP contribution in [-0.4, -0.2) is 19.5 Å². The predicted molar refractivity (Wildman–Crippen MR) is 81.4 cm³/mol. The lowest BCUT2D eigenvalue weighted by Gasteiger charge is -2.12. The standard InChI is InChI=1S/C14H17N3O4S/c1-9(2)14(18)15-11-4-6-12(7-5-11)22(19,20)17-13-8-10(3)21-16-13/h4-9H,1-3H3,(H2,15,16,17,18)/p-1. The van der Waals surface area contributed by atoms with E-state index in [0.29, 0.717) is 11.4 Å². The molecule has 0 fully saturated rings. The zero-order valence-corrected chi connectivity index (χ0v) is 13.2. The highest BCUT2D eigenvalue weighted by molar-refractivity contribution is 7.94. The molecule has 1 N–H and O–H groups in total. The number of carbonyl (C=O) groups is 1. The Morgan fingerprint density at radius 1 is 1.27 bits per heavy atom. The number of aryl methyl sites for hydroxylation is 1. The maximum absolute atomic E-state index is 12.1. The van der Waals surface area contributed by atoms with E-state index in [1.54, 1.807) is 20.8 Å². The van der Waals surface area contributed by atoms with Crippen LogP contribution < -0.4 is 5.32 Å². The number of nitrogens with zero attached hydrogens (tertiary/aromatic N) is 2. The van der Waals surface area contributed by atoms with Crippen LogP contribution in [0.1, 0.15) is 19.6 Å². The molecular formula is C14H16N3O4S-. The third-order valence-electron chi connectivity index (χ3n) is 2.77. The second-order valence-corrected chi connectivity index (χ2v) is 6.63. The van der Waals surface area contributed by atoms with Crippen molar-refractivity contribution in [2.24, 2.45) is 5.92 Å². The number of hydrogen-bond donors (Lipinski definition) is 1. The van der Waals surface area contributed by atoms with Crippen LogP contribution in [0.25, 0.3) is 4.72 Å². The number of sulfonamides is 1. The molecule has 2 aromatic rings. The van der Waals surface area contributed by atoms with Crippen molar-refractivity contribution in [1.29, 1.82) is 0 Å². The van der Waals surface area contributed by atoms with Crippen molar-refractivity contribution in [3.63, 3.8) is 0 Å². The number of carbonyl (C=O) groups excluding carboxylic acids is 1. The average molecular weight is 322 g/mol. The first-order valence-corrected chi connectivity index (χ1v) is 8.04. The molecule has 0 atom stereocenters. The molecule has 0 aliphatic rings. The summed E-state index contributed by atoms with van der Waals surface area (Å²) >= 11 is 0.